The lowest BCUT2D eigenvalue weighted by molar-refractivity contribution is -0.137. The Bertz CT molecular complexity index is 540. The molecular formula is C15H21N3O4. The highest BCUT2D eigenvalue weighted by Gasteiger charge is 2.11. The van der Waals surface area contributed by atoms with Crippen molar-refractivity contribution in [2.75, 3.05) is 18.9 Å². The number of aliphatic carboxylic acids is 1. The number of amides is 3. The minimum absolute atomic E-state index is 0.0507. The molecule has 22 heavy (non-hydrogen) atoms. The number of urea groups is 1. The zero-order valence-electron chi connectivity index (χ0n) is 12.9. The Labute approximate surface area is 129 Å². The molecule has 7 heteroatoms. The largest absolute Gasteiger partial charge is 0.481 e. The van der Waals surface area contributed by atoms with Gasteiger partial charge in [-0.1, -0.05) is 0 Å². The molecule has 0 atom stereocenters. The molecule has 0 saturated carbocycles. The van der Waals surface area contributed by atoms with Gasteiger partial charge in [0.1, 0.15) is 0 Å². The number of carboxylic acids is 1. The summed E-state index contributed by atoms with van der Waals surface area (Å²) in [6.07, 6.45) is -0.113. The van der Waals surface area contributed by atoms with Crippen LogP contribution in [0.2, 0.25) is 0 Å². The third-order valence-electron chi connectivity index (χ3n) is 2.83. The maximum absolute atomic E-state index is 11.8. The van der Waals surface area contributed by atoms with Gasteiger partial charge in [-0.25, -0.2) is 4.79 Å². The molecule has 0 bridgehead atoms. The summed E-state index contributed by atoms with van der Waals surface area (Å²) in [6, 6.07) is 6.13. The van der Waals surface area contributed by atoms with Crippen molar-refractivity contribution in [1.29, 1.82) is 0 Å². The zero-order valence-corrected chi connectivity index (χ0v) is 12.9. The Hall–Kier alpha value is -2.57. The fourth-order valence-corrected chi connectivity index (χ4v) is 1.63. The molecule has 7 nitrogen and oxygen atoms in total. The molecule has 3 amide bonds. The standard InChI is InChI=1S/C15H21N3O4/c1-10(2)16-14(21)11-4-6-12(7-5-11)17-15(22)18(3)9-8-13(19)20/h4-7,10H,8-9H2,1-3H3,(H,16,21)(H,17,22)(H,19,20). The molecule has 1 aromatic carbocycles. The number of hydrogen-bond acceptors (Lipinski definition) is 3. The van der Waals surface area contributed by atoms with E-state index in [1.54, 1.807) is 24.3 Å². The minimum Gasteiger partial charge on any atom is -0.481 e. The second-order valence-electron chi connectivity index (χ2n) is 5.20. The Morgan fingerprint density at radius 1 is 1.18 bits per heavy atom. The molecular weight excluding hydrogens is 286 g/mol. The van der Waals surface area contributed by atoms with E-state index in [2.05, 4.69) is 10.6 Å². The van der Waals surface area contributed by atoms with Gasteiger partial charge in [-0.05, 0) is 38.1 Å². The van der Waals surface area contributed by atoms with E-state index in [4.69, 9.17) is 5.11 Å². The molecule has 0 aliphatic carbocycles. The maximum Gasteiger partial charge on any atom is 0.321 e. The van der Waals surface area contributed by atoms with Gasteiger partial charge in [-0.3, -0.25) is 9.59 Å². The van der Waals surface area contributed by atoms with E-state index in [0.29, 0.717) is 11.3 Å². The van der Waals surface area contributed by atoms with E-state index in [9.17, 15) is 14.4 Å². The number of hydrogen-bond donors (Lipinski definition) is 3. The number of nitrogens with one attached hydrogen (secondary N) is 2. The highest BCUT2D eigenvalue weighted by Crippen LogP contribution is 2.10. The number of rotatable bonds is 6. The van der Waals surface area contributed by atoms with Crippen LogP contribution in [0.4, 0.5) is 10.5 Å². The van der Waals surface area contributed by atoms with Gasteiger partial charge >= 0.3 is 12.0 Å². The average molecular weight is 307 g/mol. The Balaban J connectivity index is 2.58. The third-order valence-corrected chi connectivity index (χ3v) is 2.83. The van der Waals surface area contributed by atoms with E-state index < -0.39 is 12.0 Å². The highest BCUT2D eigenvalue weighted by atomic mass is 16.4. The first-order valence-corrected chi connectivity index (χ1v) is 6.94. The molecule has 3 N–H and O–H groups in total. The second kappa shape index (κ2) is 8.02. The number of anilines is 1. The summed E-state index contributed by atoms with van der Waals surface area (Å²) >= 11 is 0. The fourth-order valence-electron chi connectivity index (χ4n) is 1.63. The van der Waals surface area contributed by atoms with Crippen LogP contribution >= 0.6 is 0 Å². The van der Waals surface area contributed by atoms with Crippen LogP contribution in [-0.4, -0.2) is 47.5 Å². The molecule has 1 rings (SSSR count). The van der Waals surface area contributed by atoms with Gasteiger partial charge in [0.25, 0.3) is 5.91 Å². The first-order chi connectivity index (χ1) is 10.3. The van der Waals surface area contributed by atoms with Crippen molar-refractivity contribution in [3.8, 4) is 0 Å². The van der Waals surface area contributed by atoms with Crippen LogP contribution < -0.4 is 10.6 Å². The fraction of sp³-hybridized carbons (Fsp3) is 0.400. The lowest BCUT2D eigenvalue weighted by atomic mass is 10.2. The number of carboxylic acid groups (broad SMARTS) is 1. The third kappa shape index (κ3) is 5.82. The summed E-state index contributed by atoms with van der Waals surface area (Å²) in [4.78, 5) is 35.4. The molecule has 0 aliphatic heterocycles. The van der Waals surface area contributed by atoms with Gasteiger partial charge in [0.15, 0.2) is 0 Å². The van der Waals surface area contributed by atoms with Gasteiger partial charge in [-0.2, -0.15) is 0 Å². The summed E-state index contributed by atoms with van der Waals surface area (Å²) in [5, 5.41) is 14.0. The number of carbonyl (C=O) groups is 3. The SMILES string of the molecule is CC(C)NC(=O)c1ccc(NC(=O)N(C)CCC(=O)O)cc1. The summed E-state index contributed by atoms with van der Waals surface area (Å²) in [5.74, 6) is -1.13. The van der Waals surface area contributed by atoms with Crippen molar-refractivity contribution in [1.82, 2.24) is 10.2 Å². The lowest BCUT2D eigenvalue weighted by Crippen LogP contribution is -2.33. The Morgan fingerprint density at radius 2 is 1.77 bits per heavy atom. The summed E-state index contributed by atoms with van der Waals surface area (Å²) in [7, 11) is 1.52. The monoisotopic (exact) mass is 307 g/mol. The molecule has 0 unspecified atom stereocenters. The molecule has 0 saturated heterocycles. The molecule has 0 spiro atoms. The smallest absolute Gasteiger partial charge is 0.321 e. The van der Waals surface area contributed by atoms with Crippen molar-refractivity contribution in [3.05, 3.63) is 29.8 Å². The van der Waals surface area contributed by atoms with Crippen LogP contribution in [0.3, 0.4) is 0 Å². The number of benzene rings is 1. The van der Waals surface area contributed by atoms with Crippen LogP contribution in [0.25, 0.3) is 0 Å². The van der Waals surface area contributed by atoms with Gasteiger partial charge < -0.3 is 20.6 Å². The van der Waals surface area contributed by atoms with Crippen molar-refractivity contribution in [2.45, 2.75) is 26.3 Å². The molecule has 0 aliphatic rings. The molecule has 120 valence electrons. The van der Waals surface area contributed by atoms with Gasteiger partial charge in [0, 0.05) is 30.9 Å². The van der Waals surface area contributed by atoms with Crippen molar-refractivity contribution >= 4 is 23.6 Å². The van der Waals surface area contributed by atoms with Crippen molar-refractivity contribution in [2.24, 2.45) is 0 Å². The van der Waals surface area contributed by atoms with Crippen LogP contribution in [0.15, 0.2) is 24.3 Å². The van der Waals surface area contributed by atoms with Crippen LogP contribution in [-0.2, 0) is 4.79 Å². The highest BCUT2D eigenvalue weighted by molar-refractivity contribution is 5.95. The quantitative estimate of drug-likeness (QED) is 0.745. The topological polar surface area (TPSA) is 98.7 Å². The minimum atomic E-state index is -0.958. The van der Waals surface area contributed by atoms with E-state index in [-0.39, 0.29) is 24.9 Å². The first kappa shape index (κ1) is 17.5. The van der Waals surface area contributed by atoms with Crippen LogP contribution in [0.1, 0.15) is 30.6 Å². The predicted molar refractivity (Wildman–Crippen MR) is 82.9 cm³/mol. The first-order valence-electron chi connectivity index (χ1n) is 6.94. The zero-order chi connectivity index (χ0) is 16.7. The van der Waals surface area contributed by atoms with Crippen molar-refractivity contribution in [3.63, 3.8) is 0 Å². The molecule has 0 aromatic heterocycles. The second-order valence-corrected chi connectivity index (χ2v) is 5.20. The molecule has 0 fully saturated rings. The molecule has 1 aromatic rings. The van der Waals surface area contributed by atoms with E-state index in [0.717, 1.165) is 0 Å². The maximum atomic E-state index is 11.8. The average Bonchev–Trinajstić information content (AvgIpc) is 2.44. The number of nitrogens with zero attached hydrogens (tertiary/aromatic N) is 1. The van der Waals surface area contributed by atoms with Crippen LogP contribution in [0, 0.1) is 0 Å². The normalized spacial score (nSPS) is 10.2. The van der Waals surface area contributed by atoms with Gasteiger partial charge in [0.05, 0.1) is 6.42 Å². The van der Waals surface area contributed by atoms with Gasteiger partial charge in [0.2, 0.25) is 0 Å². The molecule has 0 radical (unpaired) electrons. The lowest BCUT2D eigenvalue weighted by Gasteiger charge is -2.17. The van der Waals surface area contributed by atoms with Gasteiger partial charge in [-0.15, -0.1) is 0 Å². The van der Waals surface area contributed by atoms with Crippen molar-refractivity contribution < 1.29 is 19.5 Å². The summed E-state index contributed by atoms with van der Waals surface area (Å²) in [5.41, 5.74) is 1.04. The van der Waals surface area contributed by atoms with E-state index >= 15 is 0 Å². The molecule has 0 heterocycles. The Kier molecular flexibility index (Phi) is 6.37. The van der Waals surface area contributed by atoms with E-state index in [1.807, 2.05) is 13.8 Å². The van der Waals surface area contributed by atoms with E-state index in [1.165, 1.54) is 11.9 Å². The Morgan fingerprint density at radius 3 is 2.27 bits per heavy atom. The summed E-state index contributed by atoms with van der Waals surface area (Å²) in [6.45, 7) is 3.87. The van der Waals surface area contributed by atoms with Crippen LogP contribution in [0.5, 0.6) is 0 Å². The predicted octanol–water partition coefficient (Wildman–Crippen LogP) is 1.76. The number of carbonyl (C=O) groups excluding carboxylic acids is 2. The summed E-state index contributed by atoms with van der Waals surface area (Å²) < 4.78 is 0.